The van der Waals surface area contributed by atoms with Crippen molar-refractivity contribution < 1.29 is 14.3 Å². The van der Waals surface area contributed by atoms with Gasteiger partial charge in [0.2, 0.25) is 0 Å². The zero-order chi connectivity index (χ0) is 22.9. The predicted molar refractivity (Wildman–Crippen MR) is 129 cm³/mol. The van der Waals surface area contributed by atoms with Gasteiger partial charge in [-0.15, -0.1) is 0 Å². The van der Waals surface area contributed by atoms with E-state index in [9.17, 15) is 9.59 Å². The molecule has 3 rings (SSSR count). The molecule has 0 unspecified atom stereocenters. The Morgan fingerprint density at radius 2 is 1.78 bits per heavy atom. The largest absolute Gasteiger partial charge is 0.488 e. The third-order valence-corrected chi connectivity index (χ3v) is 5.43. The molecule has 0 saturated carbocycles. The summed E-state index contributed by atoms with van der Waals surface area (Å²) in [5, 5.41) is 7.05. The van der Waals surface area contributed by atoms with Crippen molar-refractivity contribution in [2.24, 2.45) is 5.10 Å². The highest BCUT2D eigenvalue weighted by atomic mass is 79.9. The molecule has 32 heavy (non-hydrogen) atoms. The minimum Gasteiger partial charge on any atom is -0.488 e. The summed E-state index contributed by atoms with van der Waals surface area (Å²) in [7, 11) is 0. The fourth-order valence-corrected chi connectivity index (χ4v) is 3.28. The van der Waals surface area contributed by atoms with Crippen molar-refractivity contribution in [3.05, 3.63) is 97.9 Å². The molecule has 0 heterocycles. The van der Waals surface area contributed by atoms with Crippen molar-refractivity contribution in [1.29, 1.82) is 0 Å². The number of ether oxygens (including phenoxy) is 1. The molecule has 3 aromatic carbocycles. The summed E-state index contributed by atoms with van der Waals surface area (Å²) in [6.45, 7) is 0.142. The van der Waals surface area contributed by atoms with E-state index in [0.717, 1.165) is 10.0 Å². The molecular weight excluding hydrogens is 517 g/mol. The molecule has 0 saturated heterocycles. The Labute approximate surface area is 203 Å². The van der Waals surface area contributed by atoms with Crippen molar-refractivity contribution >= 4 is 57.2 Å². The number of hydrazone groups is 1. The van der Waals surface area contributed by atoms with Crippen LogP contribution in [0.4, 0.5) is 0 Å². The molecule has 0 aromatic heterocycles. The Morgan fingerprint density at radius 1 is 1.00 bits per heavy atom. The lowest BCUT2D eigenvalue weighted by molar-refractivity contribution is -0.120. The molecule has 0 atom stereocenters. The van der Waals surface area contributed by atoms with Gasteiger partial charge in [0.15, 0.2) is 0 Å². The molecule has 0 bridgehead atoms. The van der Waals surface area contributed by atoms with Crippen LogP contribution >= 0.6 is 39.1 Å². The Balaban J connectivity index is 1.54. The zero-order valence-electron chi connectivity index (χ0n) is 16.6. The second kappa shape index (κ2) is 11.7. The summed E-state index contributed by atoms with van der Waals surface area (Å²) in [5.74, 6) is -0.328. The van der Waals surface area contributed by atoms with E-state index in [1.165, 1.54) is 24.4 Å². The van der Waals surface area contributed by atoms with Crippen molar-refractivity contribution in [2.75, 3.05) is 6.54 Å². The summed E-state index contributed by atoms with van der Waals surface area (Å²) in [5.41, 5.74) is 4.38. The summed E-state index contributed by atoms with van der Waals surface area (Å²) >= 11 is 15.2. The normalized spacial score (nSPS) is 10.7. The first-order chi connectivity index (χ1) is 15.4. The lowest BCUT2D eigenvalue weighted by Crippen LogP contribution is -2.34. The van der Waals surface area contributed by atoms with Crippen LogP contribution in [0, 0.1) is 0 Å². The van der Waals surface area contributed by atoms with Crippen LogP contribution in [0.15, 0.2) is 76.3 Å². The highest BCUT2D eigenvalue weighted by Crippen LogP contribution is 2.23. The van der Waals surface area contributed by atoms with E-state index in [-0.39, 0.29) is 11.6 Å². The molecule has 164 valence electrons. The lowest BCUT2D eigenvalue weighted by Gasteiger charge is -2.10. The first-order valence-corrected chi connectivity index (χ1v) is 11.0. The molecule has 2 amide bonds. The quantitative estimate of drug-likeness (QED) is 0.307. The highest BCUT2D eigenvalue weighted by Gasteiger charge is 2.10. The van der Waals surface area contributed by atoms with E-state index < -0.39 is 11.8 Å². The van der Waals surface area contributed by atoms with E-state index in [1.807, 2.05) is 48.5 Å². The number of carbonyl (C=O) groups excluding carboxylic acids is 2. The fraction of sp³-hybridized carbons (Fsp3) is 0.0870. The molecule has 0 spiro atoms. The van der Waals surface area contributed by atoms with E-state index in [4.69, 9.17) is 27.9 Å². The van der Waals surface area contributed by atoms with Crippen LogP contribution < -0.4 is 15.5 Å². The Kier molecular flexibility index (Phi) is 8.67. The summed E-state index contributed by atoms with van der Waals surface area (Å²) in [4.78, 5) is 24.2. The molecule has 6 nitrogen and oxygen atoms in total. The zero-order valence-corrected chi connectivity index (χ0v) is 19.7. The number of amides is 2. The minimum atomic E-state index is -0.489. The van der Waals surface area contributed by atoms with Crippen LogP contribution in [-0.4, -0.2) is 24.6 Å². The average molecular weight is 535 g/mol. The average Bonchev–Trinajstić information content (AvgIpc) is 2.79. The van der Waals surface area contributed by atoms with Crippen molar-refractivity contribution in [1.82, 2.24) is 10.7 Å². The number of hydrogen-bond acceptors (Lipinski definition) is 4. The third kappa shape index (κ3) is 7.09. The number of carbonyl (C=O) groups is 2. The van der Waals surface area contributed by atoms with Crippen LogP contribution in [0.3, 0.4) is 0 Å². The lowest BCUT2D eigenvalue weighted by atomic mass is 10.2. The van der Waals surface area contributed by atoms with Crippen molar-refractivity contribution in [3.63, 3.8) is 0 Å². The van der Waals surface area contributed by atoms with Crippen LogP contribution in [0.2, 0.25) is 10.0 Å². The number of nitrogens with zero attached hydrogens (tertiary/aromatic N) is 1. The monoisotopic (exact) mass is 533 g/mol. The van der Waals surface area contributed by atoms with Crippen LogP contribution in [-0.2, 0) is 11.4 Å². The number of nitrogens with one attached hydrogen (secondary N) is 2. The van der Waals surface area contributed by atoms with Crippen LogP contribution in [0.25, 0.3) is 0 Å². The topological polar surface area (TPSA) is 79.8 Å². The van der Waals surface area contributed by atoms with Gasteiger partial charge in [-0.2, -0.15) is 5.10 Å². The van der Waals surface area contributed by atoms with E-state index in [2.05, 4.69) is 31.8 Å². The Bertz CT molecular complexity index is 1140. The van der Waals surface area contributed by atoms with Gasteiger partial charge < -0.3 is 10.1 Å². The first-order valence-electron chi connectivity index (χ1n) is 9.44. The molecule has 0 aliphatic heterocycles. The summed E-state index contributed by atoms with van der Waals surface area (Å²) in [6, 6.07) is 19.7. The molecule has 0 aliphatic rings. The molecule has 2 N–H and O–H groups in total. The van der Waals surface area contributed by atoms with Crippen molar-refractivity contribution in [3.8, 4) is 5.75 Å². The highest BCUT2D eigenvalue weighted by molar-refractivity contribution is 9.10. The third-order valence-electron chi connectivity index (χ3n) is 4.19. The van der Waals surface area contributed by atoms with Gasteiger partial charge in [-0.1, -0.05) is 69.5 Å². The molecule has 0 radical (unpaired) electrons. The number of hydrogen-bond donors (Lipinski definition) is 2. The van der Waals surface area contributed by atoms with Gasteiger partial charge in [0.25, 0.3) is 11.8 Å². The molecule has 9 heteroatoms. The second-order valence-corrected chi connectivity index (χ2v) is 8.29. The molecule has 3 aromatic rings. The maximum Gasteiger partial charge on any atom is 0.259 e. The fourth-order valence-electron chi connectivity index (χ4n) is 2.60. The molecular formula is C23H18BrCl2N3O3. The minimum absolute atomic E-state index is 0.257. The first kappa shape index (κ1) is 23.8. The maximum absolute atomic E-state index is 12.1. The van der Waals surface area contributed by atoms with Gasteiger partial charge in [-0.3, -0.25) is 9.59 Å². The van der Waals surface area contributed by atoms with Gasteiger partial charge in [0.05, 0.1) is 22.8 Å². The SMILES string of the molecule is O=C(CNC(=O)c1ccc(Cl)c(Cl)c1)N/N=C/c1cc(Br)ccc1OCc1ccccc1. The van der Waals surface area contributed by atoms with Crippen molar-refractivity contribution in [2.45, 2.75) is 6.61 Å². The number of halogens is 3. The molecule has 0 aliphatic carbocycles. The van der Waals surface area contributed by atoms with E-state index in [1.54, 1.807) is 0 Å². The van der Waals surface area contributed by atoms with Crippen LogP contribution in [0.1, 0.15) is 21.5 Å². The van der Waals surface area contributed by atoms with Gasteiger partial charge in [-0.25, -0.2) is 5.43 Å². The van der Waals surface area contributed by atoms with Gasteiger partial charge in [-0.05, 0) is 42.0 Å². The van der Waals surface area contributed by atoms with Crippen LogP contribution in [0.5, 0.6) is 5.75 Å². The summed E-state index contributed by atoms with van der Waals surface area (Å²) < 4.78 is 6.72. The van der Waals surface area contributed by atoms with Gasteiger partial charge >= 0.3 is 0 Å². The maximum atomic E-state index is 12.1. The van der Waals surface area contributed by atoms with Gasteiger partial charge in [0, 0.05) is 15.6 Å². The smallest absolute Gasteiger partial charge is 0.259 e. The number of rotatable bonds is 8. The Morgan fingerprint density at radius 3 is 2.53 bits per heavy atom. The Hall–Kier alpha value is -2.87. The number of benzene rings is 3. The molecule has 0 fully saturated rings. The van der Waals surface area contributed by atoms with Gasteiger partial charge in [0.1, 0.15) is 12.4 Å². The standard InChI is InChI=1S/C23H18BrCl2N3O3/c24-18-7-9-21(32-14-15-4-2-1-3-5-15)17(10-18)12-28-29-22(30)13-27-23(31)16-6-8-19(25)20(26)11-16/h1-12H,13-14H2,(H,27,31)(H,29,30)/b28-12+. The van der Waals surface area contributed by atoms with E-state index >= 15 is 0 Å². The predicted octanol–water partition coefficient (Wildman–Crippen LogP) is 5.22. The second-order valence-electron chi connectivity index (χ2n) is 6.56. The summed E-state index contributed by atoms with van der Waals surface area (Å²) in [6.07, 6.45) is 1.48. The van der Waals surface area contributed by atoms with E-state index in [0.29, 0.717) is 28.5 Å².